The van der Waals surface area contributed by atoms with E-state index in [1.165, 1.54) is 10.1 Å². The zero-order valence-electron chi connectivity index (χ0n) is 14.9. The Balaban J connectivity index is 1.79. The van der Waals surface area contributed by atoms with E-state index >= 15 is 0 Å². The summed E-state index contributed by atoms with van der Waals surface area (Å²) in [6.07, 6.45) is 3.60. The molecule has 0 radical (unpaired) electrons. The van der Waals surface area contributed by atoms with E-state index in [0.717, 1.165) is 21.7 Å². The van der Waals surface area contributed by atoms with E-state index in [1.807, 2.05) is 26.1 Å². The molecule has 134 valence electrons. The molecule has 0 bridgehead atoms. The Bertz CT molecular complexity index is 996. The van der Waals surface area contributed by atoms with Gasteiger partial charge in [0.05, 0.1) is 18.5 Å². The summed E-state index contributed by atoms with van der Waals surface area (Å²) < 4.78 is 17.0. The summed E-state index contributed by atoms with van der Waals surface area (Å²) in [4.78, 5) is 5.68. The average molecular weight is 385 g/mol. The standard InChI is InChI=1S/C20H20N2O2S2/c1-19(2)23-12-20(3,24-19)14-7-8-21-17(10-14)16-6-4-5-13-9-15(11-22-25)26-18(13)16/h4-11,25H,12H2,1-3H3/b22-11+. The molecule has 6 heteroatoms. The lowest BCUT2D eigenvalue weighted by molar-refractivity contribution is -0.159. The molecule has 1 aromatic carbocycles. The van der Waals surface area contributed by atoms with Crippen LogP contribution in [0.4, 0.5) is 0 Å². The first-order chi connectivity index (χ1) is 12.4. The van der Waals surface area contributed by atoms with Gasteiger partial charge in [0.2, 0.25) is 0 Å². The Hall–Kier alpha value is -1.73. The smallest absolute Gasteiger partial charge is 0.164 e. The lowest BCUT2D eigenvalue weighted by Gasteiger charge is -2.25. The summed E-state index contributed by atoms with van der Waals surface area (Å²) in [7, 11) is 0. The molecule has 26 heavy (non-hydrogen) atoms. The molecule has 0 spiro atoms. The predicted molar refractivity (Wildman–Crippen MR) is 110 cm³/mol. The molecule has 1 unspecified atom stereocenters. The number of ether oxygens (including phenoxy) is 2. The van der Waals surface area contributed by atoms with Crippen molar-refractivity contribution in [2.24, 2.45) is 4.40 Å². The summed E-state index contributed by atoms with van der Waals surface area (Å²) >= 11 is 5.62. The van der Waals surface area contributed by atoms with E-state index in [2.05, 4.69) is 59.5 Å². The molecule has 1 aliphatic heterocycles. The van der Waals surface area contributed by atoms with Crippen LogP contribution in [0.2, 0.25) is 0 Å². The van der Waals surface area contributed by atoms with E-state index in [1.54, 1.807) is 17.6 Å². The number of thiophene rings is 1. The second-order valence-corrected chi connectivity index (χ2v) is 8.38. The maximum atomic E-state index is 6.16. The molecule has 4 rings (SSSR count). The first-order valence-corrected chi connectivity index (χ1v) is 9.63. The van der Waals surface area contributed by atoms with Crippen LogP contribution in [0.5, 0.6) is 0 Å². The van der Waals surface area contributed by atoms with Gasteiger partial charge in [-0.25, -0.2) is 4.40 Å². The fourth-order valence-electron chi connectivity index (χ4n) is 3.37. The highest BCUT2D eigenvalue weighted by Crippen LogP contribution is 2.40. The third-order valence-corrected chi connectivity index (χ3v) is 5.80. The maximum Gasteiger partial charge on any atom is 0.164 e. The Kier molecular flexibility index (Phi) is 4.39. The van der Waals surface area contributed by atoms with Gasteiger partial charge >= 0.3 is 0 Å². The summed E-state index contributed by atoms with van der Waals surface area (Å²) in [5.74, 6) is -0.576. The highest BCUT2D eigenvalue weighted by Gasteiger charge is 2.43. The molecule has 1 atom stereocenters. The van der Waals surface area contributed by atoms with Crippen LogP contribution in [0.15, 0.2) is 47.0 Å². The Morgan fingerprint density at radius 2 is 2.08 bits per heavy atom. The minimum Gasteiger partial charge on any atom is -0.347 e. The number of nitrogens with zero attached hydrogens (tertiary/aromatic N) is 2. The van der Waals surface area contributed by atoms with Crippen molar-refractivity contribution in [2.75, 3.05) is 6.61 Å². The van der Waals surface area contributed by atoms with Crippen LogP contribution in [0.3, 0.4) is 0 Å². The fraction of sp³-hybridized carbons (Fsp3) is 0.300. The number of rotatable bonds is 3. The zero-order valence-corrected chi connectivity index (χ0v) is 16.6. The van der Waals surface area contributed by atoms with Crippen molar-refractivity contribution < 1.29 is 9.47 Å². The SMILES string of the molecule is CC1(C)OCC(C)(c2ccnc(-c3cccc4cc(/C=N/S)sc34)c2)O1. The third kappa shape index (κ3) is 3.18. The molecule has 3 heterocycles. The van der Waals surface area contributed by atoms with Gasteiger partial charge in [0.1, 0.15) is 5.60 Å². The van der Waals surface area contributed by atoms with Crippen LogP contribution in [0.1, 0.15) is 31.2 Å². The Morgan fingerprint density at radius 1 is 1.23 bits per heavy atom. The summed E-state index contributed by atoms with van der Waals surface area (Å²) in [5, 5.41) is 1.18. The number of hydrogen-bond donors (Lipinski definition) is 1. The topological polar surface area (TPSA) is 43.7 Å². The number of benzene rings is 1. The normalized spacial score (nSPS) is 22.5. The van der Waals surface area contributed by atoms with Crippen molar-refractivity contribution >= 4 is 40.5 Å². The average Bonchev–Trinajstić information content (AvgIpc) is 3.15. The van der Waals surface area contributed by atoms with Gasteiger partial charge in [0.25, 0.3) is 0 Å². The molecule has 0 N–H and O–H groups in total. The maximum absolute atomic E-state index is 6.16. The molecular formula is C20H20N2O2S2. The van der Waals surface area contributed by atoms with Gasteiger partial charge < -0.3 is 9.47 Å². The van der Waals surface area contributed by atoms with Gasteiger partial charge in [-0.2, -0.15) is 0 Å². The van der Waals surface area contributed by atoms with E-state index < -0.39 is 11.4 Å². The molecule has 1 saturated heterocycles. The summed E-state index contributed by atoms with van der Waals surface area (Å²) in [6.45, 7) is 6.47. The van der Waals surface area contributed by atoms with E-state index in [-0.39, 0.29) is 0 Å². The molecule has 3 aromatic rings. The lowest BCUT2D eigenvalue weighted by Crippen LogP contribution is -2.28. The molecule has 1 fully saturated rings. The van der Waals surface area contributed by atoms with Crippen LogP contribution in [-0.4, -0.2) is 23.6 Å². The van der Waals surface area contributed by atoms with Crippen molar-refractivity contribution in [3.8, 4) is 11.3 Å². The van der Waals surface area contributed by atoms with E-state index in [9.17, 15) is 0 Å². The van der Waals surface area contributed by atoms with Gasteiger partial charge in [-0.05, 0) is 62.7 Å². The van der Waals surface area contributed by atoms with Crippen molar-refractivity contribution in [3.05, 3.63) is 53.0 Å². The van der Waals surface area contributed by atoms with Crippen LogP contribution in [0.25, 0.3) is 21.3 Å². The van der Waals surface area contributed by atoms with Gasteiger partial charge in [-0.3, -0.25) is 4.98 Å². The van der Waals surface area contributed by atoms with Gasteiger partial charge in [0.15, 0.2) is 5.79 Å². The van der Waals surface area contributed by atoms with Crippen molar-refractivity contribution in [3.63, 3.8) is 0 Å². The molecule has 1 aliphatic rings. The van der Waals surface area contributed by atoms with Crippen LogP contribution >= 0.6 is 24.2 Å². The monoisotopic (exact) mass is 384 g/mol. The number of thiol groups is 1. The molecule has 0 saturated carbocycles. The quantitative estimate of drug-likeness (QED) is 0.497. The highest BCUT2D eigenvalue weighted by atomic mass is 32.1. The third-order valence-electron chi connectivity index (χ3n) is 4.56. The summed E-state index contributed by atoms with van der Waals surface area (Å²) in [5.41, 5.74) is 2.63. The van der Waals surface area contributed by atoms with E-state index in [0.29, 0.717) is 6.61 Å². The van der Waals surface area contributed by atoms with Gasteiger partial charge in [-0.15, -0.1) is 11.3 Å². The second kappa shape index (κ2) is 6.46. The lowest BCUT2D eigenvalue weighted by atomic mass is 9.96. The predicted octanol–water partition coefficient (Wildman–Crippen LogP) is 5.23. The minimum atomic E-state index is -0.576. The first-order valence-electron chi connectivity index (χ1n) is 8.41. The van der Waals surface area contributed by atoms with Crippen LogP contribution in [0, 0.1) is 0 Å². The zero-order chi connectivity index (χ0) is 18.4. The number of pyridine rings is 1. The number of fused-ring (bicyclic) bond motifs is 1. The molecule has 0 aliphatic carbocycles. The first kappa shape index (κ1) is 17.7. The fourth-order valence-corrected chi connectivity index (χ4v) is 4.62. The summed E-state index contributed by atoms with van der Waals surface area (Å²) in [6, 6.07) is 12.5. The van der Waals surface area contributed by atoms with Gasteiger partial charge in [-0.1, -0.05) is 18.2 Å². The van der Waals surface area contributed by atoms with Crippen LogP contribution < -0.4 is 0 Å². The molecular weight excluding hydrogens is 364 g/mol. The van der Waals surface area contributed by atoms with Crippen molar-refractivity contribution in [1.29, 1.82) is 0 Å². The highest BCUT2D eigenvalue weighted by molar-refractivity contribution is 7.79. The van der Waals surface area contributed by atoms with Crippen molar-refractivity contribution in [2.45, 2.75) is 32.2 Å². The van der Waals surface area contributed by atoms with Gasteiger partial charge in [0, 0.05) is 21.3 Å². The van der Waals surface area contributed by atoms with Crippen LogP contribution in [-0.2, 0) is 15.1 Å². The Labute approximate surface area is 162 Å². The largest absolute Gasteiger partial charge is 0.347 e. The molecule has 0 amide bonds. The van der Waals surface area contributed by atoms with Crippen molar-refractivity contribution in [1.82, 2.24) is 4.98 Å². The second-order valence-electron chi connectivity index (χ2n) is 7.07. The minimum absolute atomic E-state index is 0.478. The molecule has 4 nitrogen and oxygen atoms in total. The Morgan fingerprint density at radius 3 is 2.81 bits per heavy atom. The number of aromatic nitrogens is 1. The number of hydrogen-bond acceptors (Lipinski definition) is 6. The molecule has 2 aromatic heterocycles. The van der Waals surface area contributed by atoms with E-state index in [4.69, 9.17) is 9.47 Å².